The van der Waals surface area contributed by atoms with E-state index in [1.165, 1.54) is 258 Å². The molecule has 0 aliphatic rings. The van der Waals surface area contributed by atoms with E-state index in [1.807, 2.05) is 0 Å². The second kappa shape index (κ2) is 40.1. The smallest absolute Gasteiger partial charge is 0.00858 e. The fraction of sp³-hybridized carbons (Fsp3) is 0.854. The van der Waals surface area contributed by atoms with Gasteiger partial charge in [-0.25, -0.2) is 0 Å². The molecule has 1 radical (unpaired) electrons. The van der Waals surface area contributed by atoms with Gasteiger partial charge in [-0.1, -0.05) is 233 Å². The number of unbranched alkanes of at least 4 members (excludes halogenated alkanes) is 33. The molecule has 0 spiro atoms. The zero-order valence-corrected chi connectivity index (χ0v) is 36.0. The average molecular weight is 730 g/mol. The van der Waals surface area contributed by atoms with Crippen LogP contribution >= 0.6 is 23.5 Å². The molecular formula is C48H89S2. The van der Waals surface area contributed by atoms with Crippen LogP contribution in [0.4, 0.5) is 0 Å². The van der Waals surface area contributed by atoms with E-state index in [-0.39, 0.29) is 0 Å². The number of rotatable bonds is 41. The number of aryl methyl sites for hydroxylation is 1. The van der Waals surface area contributed by atoms with Crippen LogP contribution in [0.3, 0.4) is 0 Å². The van der Waals surface area contributed by atoms with Crippen molar-refractivity contribution in [3.8, 4) is 0 Å². The molecule has 0 heterocycles. The molecule has 0 N–H and O–H groups in total. The highest BCUT2D eigenvalue weighted by Gasteiger charge is 2.05. The highest BCUT2D eigenvalue weighted by atomic mass is 32.2. The lowest BCUT2D eigenvalue weighted by atomic mass is 10.0. The number of hydrogen-bond acceptors (Lipinski definition) is 2. The van der Waals surface area contributed by atoms with Gasteiger partial charge in [0.15, 0.2) is 0 Å². The topological polar surface area (TPSA) is 0 Å². The zero-order chi connectivity index (χ0) is 35.8. The Kier molecular flexibility index (Phi) is 38.5. The van der Waals surface area contributed by atoms with Gasteiger partial charge in [0.1, 0.15) is 0 Å². The fourth-order valence-corrected chi connectivity index (χ4v) is 9.44. The van der Waals surface area contributed by atoms with Gasteiger partial charge >= 0.3 is 0 Å². The summed E-state index contributed by atoms with van der Waals surface area (Å²) >= 11 is 4.21. The van der Waals surface area contributed by atoms with Crippen LogP contribution in [-0.2, 0) is 6.42 Å². The summed E-state index contributed by atoms with van der Waals surface area (Å²) in [6, 6.07) is 7.45. The third-order valence-corrected chi connectivity index (χ3v) is 12.8. The molecule has 0 nitrogen and oxygen atoms in total. The van der Waals surface area contributed by atoms with Crippen molar-refractivity contribution in [1.29, 1.82) is 0 Å². The van der Waals surface area contributed by atoms with Crippen molar-refractivity contribution in [2.75, 3.05) is 11.5 Å². The molecular weight excluding hydrogens is 641 g/mol. The van der Waals surface area contributed by atoms with E-state index in [1.54, 1.807) is 0 Å². The van der Waals surface area contributed by atoms with Gasteiger partial charge < -0.3 is 0 Å². The van der Waals surface area contributed by atoms with Gasteiger partial charge in [-0.05, 0) is 61.0 Å². The molecule has 0 saturated carbocycles. The van der Waals surface area contributed by atoms with Crippen molar-refractivity contribution in [3.05, 3.63) is 30.7 Å². The molecule has 0 aliphatic heterocycles. The first kappa shape index (κ1) is 47.9. The van der Waals surface area contributed by atoms with Crippen LogP contribution in [0.5, 0.6) is 0 Å². The lowest BCUT2D eigenvalue weighted by Crippen LogP contribution is -1.90. The Morgan fingerprint density at radius 1 is 0.340 bits per heavy atom. The standard InChI is InChI=1S/C48H89S2/c1-4-7-10-12-14-16-18-20-22-24-26-28-30-32-34-36-38-41-49-47-43-46(40-9-6-3)44-48(45-47)50-42-39-37-35-33-31-29-27-25-23-21-19-17-15-13-11-8-5-2/h43-45H,3-42H2,1-2H3. The Hall–Kier alpha value is -0.0800. The first-order valence-corrected chi connectivity index (χ1v) is 25.0. The summed E-state index contributed by atoms with van der Waals surface area (Å²) in [5.41, 5.74) is 1.53. The van der Waals surface area contributed by atoms with Crippen LogP contribution in [-0.4, -0.2) is 11.5 Å². The molecule has 0 aliphatic carbocycles. The Bertz CT molecular complexity index is 730. The molecule has 50 heavy (non-hydrogen) atoms. The maximum absolute atomic E-state index is 4.09. The zero-order valence-electron chi connectivity index (χ0n) is 34.3. The van der Waals surface area contributed by atoms with Gasteiger partial charge in [-0.15, -0.1) is 23.5 Å². The quantitative estimate of drug-likeness (QED) is 0.0486. The van der Waals surface area contributed by atoms with Crippen LogP contribution in [0.2, 0.25) is 0 Å². The molecule has 0 aromatic heterocycles. The van der Waals surface area contributed by atoms with Crippen molar-refractivity contribution < 1.29 is 0 Å². The fourth-order valence-electron chi connectivity index (χ4n) is 7.30. The monoisotopic (exact) mass is 730 g/mol. The normalized spacial score (nSPS) is 11.6. The summed E-state index contributed by atoms with van der Waals surface area (Å²) in [5.74, 6) is 2.56. The van der Waals surface area contributed by atoms with E-state index < -0.39 is 0 Å². The molecule has 0 saturated heterocycles. The van der Waals surface area contributed by atoms with Crippen LogP contribution in [0.1, 0.15) is 251 Å². The summed E-state index contributed by atoms with van der Waals surface area (Å²) in [6.45, 7) is 8.71. The van der Waals surface area contributed by atoms with Crippen LogP contribution in [0.25, 0.3) is 0 Å². The molecule has 1 aromatic rings. The predicted molar refractivity (Wildman–Crippen MR) is 235 cm³/mol. The van der Waals surface area contributed by atoms with E-state index in [2.05, 4.69) is 62.5 Å². The molecule has 0 bridgehead atoms. The van der Waals surface area contributed by atoms with E-state index in [9.17, 15) is 0 Å². The highest BCUT2D eigenvalue weighted by molar-refractivity contribution is 8.00. The molecule has 1 rings (SSSR count). The Morgan fingerprint density at radius 3 is 0.860 bits per heavy atom. The Morgan fingerprint density at radius 2 is 0.600 bits per heavy atom. The lowest BCUT2D eigenvalue weighted by Gasteiger charge is -2.10. The SMILES string of the molecule is [CH2]CCCc1cc(SCCCCCCCCCCCCCCCCCCC)cc(SCCCCCCCCCCCCCCCCCCC)c1. The van der Waals surface area contributed by atoms with Gasteiger partial charge in [-0.3, -0.25) is 0 Å². The summed E-state index contributed by atoms with van der Waals surface area (Å²) in [4.78, 5) is 3.01. The van der Waals surface area contributed by atoms with Crippen molar-refractivity contribution in [3.63, 3.8) is 0 Å². The van der Waals surface area contributed by atoms with E-state index in [4.69, 9.17) is 0 Å². The minimum atomic E-state index is 1.04. The number of thioether (sulfide) groups is 2. The van der Waals surface area contributed by atoms with Crippen LogP contribution in [0.15, 0.2) is 28.0 Å². The average Bonchev–Trinajstić information content (AvgIpc) is 3.13. The molecule has 293 valence electrons. The Labute approximate surface area is 325 Å². The number of hydrogen-bond donors (Lipinski definition) is 0. The summed E-state index contributed by atoms with van der Waals surface area (Å²) in [6.07, 6.45) is 52.7. The minimum Gasteiger partial charge on any atom is -0.126 e. The predicted octanol–water partition coefficient (Wildman–Crippen LogP) is 18.3. The van der Waals surface area contributed by atoms with Crippen molar-refractivity contribution in [2.45, 2.75) is 261 Å². The lowest BCUT2D eigenvalue weighted by molar-refractivity contribution is 0.529. The van der Waals surface area contributed by atoms with E-state index in [0.717, 1.165) is 6.42 Å². The van der Waals surface area contributed by atoms with Crippen molar-refractivity contribution in [2.24, 2.45) is 0 Å². The highest BCUT2D eigenvalue weighted by Crippen LogP contribution is 2.30. The first-order valence-electron chi connectivity index (χ1n) is 23.0. The van der Waals surface area contributed by atoms with Gasteiger partial charge in [-0.2, -0.15) is 0 Å². The third kappa shape index (κ3) is 33.7. The number of benzene rings is 1. The van der Waals surface area contributed by atoms with Gasteiger partial charge in [0.2, 0.25) is 0 Å². The summed E-state index contributed by atoms with van der Waals surface area (Å²) in [5, 5.41) is 0. The Balaban J connectivity index is 2.02. The maximum atomic E-state index is 4.09. The van der Waals surface area contributed by atoms with Crippen LogP contribution < -0.4 is 0 Å². The molecule has 2 heteroatoms. The van der Waals surface area contributed by atoms with Gasteiger partial charge in [0.05, 0.1) is 0 Å². The van der Waals surface area contributed by atoms with Gasteiger partial charge in [0.25, 0.3) is 0 Å². The van der Waals surface area contributed by atoms with Crippen molar-refractivity contribution in [1.82, 2.24) is 0 Å². The van der Waals surface area contributed by atoms with Crippen LogP contribution in [0, 0.1) is 6.92 Å². The molecule has 0 fully saturated rings. The largest absolute Gasteiger partial charge is 0.126 e. The van der Waals surface area contributed by atoms with E-state index >= 15 is 0 Å². The second-order valence-corrected chi connectivity index (χ2v) is 18.1. The maximum Gasteiger partial charge on any atom is 0.00858 e. The summed E-state index contributed by atoms with van der Waals surface area (Å²) < 4.78 is 0. The molecule has 0 unspecified atom stereocenters. The molecule has 0 atom stereocenters. The summed E-state index contributed by atoms with van der Waals surface area (Å²) in [7, 11) is 0. The molecule has 0 amide bonds. The van der Waals surface area contributed by atoms with E-state index in [0.29, 0.717) is 0 Å². The third-order valence-electron chi connectivity index (χ3n) is 10.7. The minimum absolute atomic E-state index is 1.04. The first-order chi connectivity index (χ1) is 24.8. The molecule has 1 aromatic carbocycles. The van der Waals surface area contributed by atoms with Gasteiger partial charge in [0, 0.05) is 9.79 Å². The van der Waals surface area contributed by atoms with Crippen molar-refractivity contribution >= 4 is 23.5 Å². The second-order valence-electron chi connectivity index (χ2n) is 15.8.